The van der Waals surface area contributed by atoms with E-state index in [0.29, 0.717) is 16.7 Å². The zero-order chi connectivity index (χ0) is 38.2. The number of aromatic nitrogens is 2. The molecule has 0 aliphatic heterocycles. The number of para-hydroxylation sites is 1. The minimum absolute atomic E-state index is 0.562. The quantitative estimate of drug-likeness (QED) is 0.180. The maximum Gasteiger partial charge on any atom is 0.0991 e. The summed E-state index contributed by atoms with van der Waals surface area (Å²) in [5.41, 5.74) is 11.8. The number of thiophene rings is 1. The second kappa shape index (κ2) is 12.6. The molecule has 0 saturated carbocycles. The van der Waals surface area contributed by atoms with Crippen LogP contribution in [0.1, 0.15) is 16.7 Å². The van der Waals surface area contributed by atoms with E-state index in [9.17, 15) is 15.8 Å². The molecular formula is C51H27N5S. The Morgan fingerprint density at radius 1 is 0.386 bits per heavy atom. The third kappa shape index (κ3) is 4.91. The molecule has 5 nitrogen and oxygen atoms in total. The van der Waals surface area contributed by atoms with Crippen molar-refractivity contribution in [1.82, 2.24) is 9.13 Å². The lowest BCUT2D eigenvalue weighted by molar-refractivity contribution is 1.18. The highest BCUT2D eigenvalue weighted by Gasteiger charge is 2.19. The molecular weight excluding hydrogens is 715 g/mol. The number of fused-ring (bicyclic) bond motifs is 10. The van der Waals surface area contributed by atoms with Gasteiger partial charge in [-0.15, -0.1) is 11.3 Å². The van der Waals surface area contributed by atoms with Crippen molar-refractivity contribution < 1.29 is 0 Å². The first-order valence-electron chi connectivity index (χ1n) is 18.6. The van der Waals surface area contributed by atoms with E-state index in [-0.39, 0.29) is 0 Å². The summed E-state index contributed by atoms with van der Waals surface area (Å²) >= 11 is 1.85. The number of nitriles is 3. The summed E-state index contributed by atoms with van der Waals surface area (Å²) in [6.07, 6.45) is 0. The van der Waals surface area contributed by atoms with Crippen molar-refractivity contribution in [3.63, 3.8) is 0 Å². The molecule has 57 heavy (non-hydrogen) atoms. The van der Waals surface area contributed by atoms with Gasteiger partial charge in [0.2, 0.25) is 0 Å². The van der Waals surface area contributed by atoms with E-state index < -0.39 is 0 Å². The molecule has 3 aromatic heterocycles. The number of hydrogen-bond acceptors (Lipinski definition) is 4. The molecule has 0 atom stereocenters. The van der Waals surface area contributed by atoms with Gasteiger partial charge in [0.15, 0.2) is 0 Å². The standard InChI is InChI=1S/C51H27N5S/c52-28-31-15-18-38(42(23-31)35-8-6-9-36(27-35)55-46-20-16-32(29-53)24-43(46)44-25-33(30-54)17-21-47(44)55)34-7-5-10-37(26-34)56-45-13-3-1-12-41(45)50-48(56)22-19-40-39-11-2-4-14-49(39)57-51(40)50/h1-27H. The second-order valence-electron chi connectivity index (χ2n) is 14.3. The van der Waals surface area contributed by atoms with Crippen LogP contribution in [0.2, 0.25) is 0 Å². The lowest BCUT2D eigenvalue weighted by atomic mass is 9.92. The Kier molecular flexibility index (Phi) is 7.15. The monoisotopic (exact) mass is 741 g/mol. The molecule has 0 fully saturated rings. The van der Waals surface area contributed by atoms with Crippen molar-refractivity contribution in [2.24, 2.45) is 0 Å². The average Bonchev–Trinajstić information content (AvgIpc) is 3.93. The molecule has 6 heteroatoms. The van der Waals surface area contributed by atoms with Crippen LogP contribution in [0.15, 0.2) is 164 Å². The minimum Gasteiger partial charge on any atom is -0.309 e. The number of benzene rings is 8. The highest BCUT2D eigenvalue weighted by Crippen LogP contribution is 2.44. The molecule has 0 radical (unpaired) electrons. The van der Waals surface area contributed by atoms with E-state index in [1.807, 2.05) is 65.9 Å². The van der Waals surface area contributed by atoms with E-state index in [4.69, 9.17) is 0 Å². The number of rotatable bonds is 4. The molecule has 262 valence electrons. The summed E-state index contributed by atoms with van der Waals surface area (Å²) in [5, 5.41) is 36.4. The largest absolute Gasteiger partial charge is 0.309 e. The van der Waals surface area contributed by atoms with Gasteiger partial charge in [-0.1, -0.05) is 72.8 Å². The molecule has 0 N–H and O–H groups in total. The second-order valence-corrected chi connectivity index (χ2v) is 15.3. The highest BCUT2D eigenvalue weighted by molar-refractivity contribution is 7.26. The van der Waals surface area contributed by atoms with Gasteiger partial charge in [-0.25, -0.2) is 0 Å². The van der Waals surface area contributed by atoms with Crippen molar-refractivity contribution >= 4 is 75.1 Å². The van der Waals surface area contributed by atoms with Crippen LogP contribution in [0.5, 0.6) is 0 Å². The first-order valence-corrected chi connectivity index (χ1v) is 19.4. The SMILES string of the molecule is N#Cc1ccc(-c2cccc(-n3c4ccccc4c4c5sc6ccccc6c5ccc43)c2)c(-c2cccc(-n3c4ccc(C#N)cc4c4cc(C#N)ccc43)c2)c1. The number of nitrogens with zero attached hydrogens (tertiary/aromatic N) is 5. The lowest BCUT2D eigenvalue weighted by Crippen LogP contribution is -1.96. The van der Waals surface area contributed by atoms with Crippen LogP contribution >= 0.6 is 11.3 Å². The van der Waals surface area contributed by atoms with Gasteiger partial charge in [-0.05, 0) is 113 Å². The van der Waals surface area contributed by atoms with Crippen molar-refractivity contribution in [3.05, 3.63) is 180 Å². The van der Waals surface area contributed by atoms with Crippen LogP contribution in [0.4, 0.5) is 0 Å². The Morgan fingerprint density at radius 2 is 0.930 bits per heavy atom. The summed E-state index contributed by atoms with van der Waals surface area (Å²) in [5.74, 6) is 0. The van der Waals surface area contributed by atoms with E-state index in [1.165, 1.54) is 30.9 Å². The molecule has 0 aliphatic rings. The van der Waals surface area contributed by atoms with Crippen molar-refractivity contribution in [1.29, 1.82) is 15.8 Å². The molecule has 0 aliphatic carbocycles. The molecule has 11 rings (SSSR count). The normalized spacial score (nSPS) is 11.5. The van der Waals surface area contributed by atoms with Crippen LogP contribution in [-0.4, -0.2) is 9.13 Å². The molecule has 0 saturated heterocycles. The molecule has 0 unspecified atom stereocenters. The summed E-state index contributed by atoms with van der Waals surface area (Å²) in [6.45, 7) is 0. The van der Waals surface area contributed by atoms with Crippen LogP contribution in [0.25, 0.3) is 97.4 Å². The van der Waals surface area contributed by atoms with Crippen molar-refractivity contribution in [3.8, 4) is 51.8 Å². The first-order chi connectivity index (χ1) is 28.1. The fourth-order valence-corrected chi connectivity index (χ4v) is 9.94. The van der Waals surface area contributed by atoms with Gasteiger partial charge in [0.05, 0.1) is 57.0 Å². The first kappa shape index (κ1) is 32.5. The third-order valence-corrected chi connectivity index (χ3v) is 12.4. The lowest BCUT2D eigenvalue weighted by Gasteiger charge is -2.15. The van der Waals surface area contributed by atoms with Gasteiger partial charge in [0.25, 0.3) is 0 Å². The Labute approximate surface area is 331 Å². The maximum absolute atomic E-state index is 10.1. The van der Waals surface area contributed by atoms with Gasteiger partial charge in [0.1, 0.15) is 0 Å². The van der Waals surface area contributed by atoms with Gasteiger partial charge in [-0.3, -0.25) is 0 Å². The van der Waals surface area contributed by atoms with E-state index in [0.717, 1.165) is 66.5 Å². The summed E-state index contributed by atoms with van der Waals surface area (Å²) in [6, 6.07) is 63.1. The van der Waals surface area contributed by atoms with Gasteiger partial charge < -0.3 is 9.13 Å². The van der Waals surface area contributed by atoms with Gasteiger partial charge in [0, 0.05) is 53.1 Å². The van der Waals surface area contributed by atoms with Crippen LogP contribution in [-0.2, 0) is 0 Å². The van der Waals surface area contributed by atoms with E-state index in [1.54, 1.807) is 0 Å². The van der Waals surface area contributed by atoms with E-state index in [2.05, 4.69) is 137 Å². The molecule has 8 aromatic carbocycles. The van der Waals surface area contributed by atoms with Crippen LogP contribution < -0.4 is 0 Å². The smallest absolute Gasteiger partial charge is 0.0991 e. The van der Waals surface area contributed by atoms with Crippen LogP contribution in [0.3, 0.4) is 0 Å². The van der Waals surface area contributed by atoms with Crippen LogP contribution in [0, 0.1) is 34.0 Å². The maximum atomic E-state index is 10.1. The van der Waals surface area contributed by atoms with Crippen molar-refractivity contribution in [2.45, 2.75) is 0 Å². The summed E-state index contributed by atoms with van der Waals surface area (Å²) < 4.78 is 7.14. The molecule has 3 heterocycles. The highest BCUT2D eigenvalue weighted by atomic mass is 32.1. The average molecular weight is 742 g/mol. The van der Waals surface area contributed by atoms with E-state index >= 15 is 0 Å². The zero-order valence-corrected chi connectivity index (χ0v) is 31.0. The van der Waals surface area contributed by atoms with Gasteiger partial charge >= 0.3 is 0 Å². The molecule has 11 aromatic rings. The minimum atomic E-state index is 0.562. The summed E-state index contributed by atoms with van der Waals surface area (Å²) in [4.78, 5) is 0. The van der Waals surface area contributed by atoms with Crippen molar-refractivity contribution in [2.75, 3.05) is 0 Å². The molecule has 0 spiro atoms. The Hall–Kier alpha value is -7.95. The third-order valence-electron chi connectivity index (χ3n) is 11.2. The predicted molar refractivity (Wildman–Crippen MR) is 233 cm³/mol. The fourth-order valence-electron chi connectivity index (χ4n) is 8.68. The van der Waals surface area contributed by atoms with Gasteiger partial charge in [-0.2, -0.15) is 15.8 Å². The molecule has 0 bridgehead atoms. The molecule has 0 amide bonds. The zero-order valence-electron chi connectivity index (χ0n) is 30.2. The Morgan fingerprint density at radius 3 is 1.61 bits per heavy atom. The predicted octanol–water partition coefficient (Wildman–Crippen LogP) is 13.2. The Balaban J connectivity index is 1.09. The fraction of sp³-hybridized carbons (Fsp3) is 0. The Bertz CT molecular complexity index is 3560. The summed E-state index contributed by atoms with van der Waals surface area (Å²) in [7, 11) is 0. The number of hydrogen-bond donors (Lipinski definition) is 0. The topological polar surface area (TPSA) is 81.2 Å².